The number of carboxylic acid groups (broad SMARTS) is 1. The number of carboxylic acids is 1. The fourth-order valence-electron chi connectivity index (χ4n) is 2.17. The molecule has 2 atom stereocenters. The van der Waals surface area contributed by atoms with Crippen LogP contribution in [-0.4, -0.2) is 29.6 Å². The second-order valence-electron chi connectivity index (χ2n) is 5.40. The summed E-state index contributed by atoms with van der Waals surface area (Å²) >= 11 is 0. The van der Waals surface area contributed by atoms with Crippen molar-refractivity contribution in [2.45, 2.75) is 58.9 Å². The van der Waals surface area contributed by atoms with Crippen molar-refractivity contribution in [2.75, 3.05) is 6.54 Å². The summed E-state index contributed by atoms with van der Waals surface area (Å²) in [6.07, 6.45) is 4.23. The van der Waals surface area contributed by atoms with Crippen LogP contribution in [0.5, 0.6) is 0 Å². The standard InChI is InChI=1S/C14H28N2O3/c1-4-5-11(8-9-15)6-7-12(17)16-13(10(2)3)14(18)19/h10-11,13H,4-9,15H2,1-3H3,(H,16,17)(H,18,19). The first-order valence-corrected chi connectivity index (χ1v) is 7.14. The monoisotopic (exact) mass is 272 g/mol. The predicted molar refractivity (Wildman–Crippen MR) is 75.7 cm³/mol. The van der Waals surface area contributed by atoms with Gasteiger partial charge in [0.2, 0.25) is 5.91 Å². The summed E-state index contributed by atoms with van der Waals surface area (Å²) in [5.74, 6) is -0.811. The van der Waals surface area contributed by atoms with Gasteiger partial charge in [-0.2, -0.15) is 0 Å². The van der Waals surface area contributed by atoms with Crippen molar-refractivity contribution >= 4 is 11.9 Å². The molecular formula is C14H28N2O3. The second-order valence-corrected chi connectivity index (χ2v) is 5.40. The first-order valence-electron chi connectivity index (χ1n) is 7.14. The molecule has 4 N–H and O–H groups in total. The van der Waals surface area contributed by atoms with E-state index >= 15 is 0 Å². The van der Waals surface area contributed by atoms with Crippen molar-refractivity contribution in [1.82, 2.24) is 5.32 Å². The lowest BCUT2D eigenvalue weighted by Gasteiger charge is -2.19. The second kappa shape index (κ2) is 9.78. The SMILES string of the molecule is CCCC(CCN)CCC(=O)NC(C(=O)O)C(C)C. The summed E-state index contributed by atoms with van der Waals surface area (Å²) in [4.78, 5) is 22.8. The van der Waals surface area contributed by atoms with Gasteiger partial charge in [0.05, 0.1) is 0 Å². The zero-order valence-corrected chi connectivity index (χ0v) is 12.3. The zero-order valence-electron chi connectivity index (χ0n) is 12.3. The molecule has 0 saturated heterocycles. The summed E-state index contributed by atoms with van der Waals surface area (Å²) in [5, 5.41) is 11.6. The molecule has 0 aromatic rings. The molecule has 0 aliphatic rings. The lowest BCUT2D eigenvalue weighted by atomic mass is 9.94. The van der Waals surface area contributed by atoms with Crippen LogP contribution in [0.4, 0.5) is 0 Å². The van der Waals surface area contributed by atoms with Crippen LogP contribution in [-0.2, 0) is 9.59 Å². The van der Waals surface area contributed by atoms with Gasteiger partial charge in [-0.05, 0) is 31.2 Å². The summed E-state index contributed by atoms with van der Waals surface area (Å²) in [6.45, 7) is 6.32. The van der Waals surface area contributed by atoms with Gasteiger partial charge in [-0.1, -0.05) is 33.6 Å². The highest BCUT2D eigenvalue weighted by Crippen LogP contribution is 2.17. The molecular weight excluding hydrogens is 244 g/mol. The number of nitrogens with two attached hydrogens (primary N) is 1. The number of nitrogens with one attached hydrogen (secondary N) is 1. The van der Waals surface area contributed by atoms with Gasteiger partial charge < -0.3 is 16.2 Å². The maximum Gasteiger partial charge on any atom is 0.326 e. The highest BCUT2D eigenvalue weighted by atomic mass is 16.4. The normalized spacial score (nSPS) is 14.2. The average molecular weight is 272 g/mol. The number of carbonyl (C=O) groups excluding carboxylic acids is 1. The van der Waals surface area contributed by atoms with E-state index in [9.17, 15) is 9.59 Å². The summed E-state index contributed by atoms with van der Waals surface area (Å²) in [6, 6.07) is -0.799. The minimum absolute atomic E-state index is 0.114. The van der Waals surface area contributed by atoms with Crippen LogP contribution in [0.2, 0.25) is 0 Å². The van der Waals surface area contributed by atoms with Gasteiger partial charge in [-0.3, -0.25) is 4.79 Å². The van der Waals surface area contributed by atoms with Crippen molar-refractivity contribution in [3.8, 4) is 0 Å². The fraction of sp³-hybridized carbons (Fsp3) is 0.857. The third-order valence-corrected chi connectivity index (χ3v) is 3.30. The van der Waals surface area contributed by atoms with Crippen LogP contribution in [0.3, 0.4) is 0 Å². The molecule has 0 saturated carbocycles. The topological polar surface area (TPSA) is 92.4 Å². The van der Waals surface area contributed by atoms with Crippen LogP contribution in [0, 0.1) is 11.8 Å². The van der Waals surface area contributed by atoms with Crippen LogP contribution in [0.1, 0.15) is 52.9 Å². The van der Waals surface area contributed by atoms with E-state index in [4.69, 9.17) is 10.8 Å². The molecule has 0 aliphatic heterocycles. The van der Waals surface area contributed by atoms with Gasteiger partial charge >= 0.3 is 5.97 Å². The quantitative estimate of drug-likeness (QED) is 0.565. The van der Waals surface area contributed by atoms with E-state index in [1.165, 1.54) is 0 Å². The Bertz CT molecular complexity index is 274. The number of carbonyl (C=O) groups is 2. The molecule has 2 unspecified atom stereocenters. The Morgan fingerprint density at radius 3 is 2.26 bits per heavy atom. The Kier molecular flexibility index (Phi) is 9.21. The summed E-state index contributed by atoms with van der Waals surface area (Å²) in [7, 11) is 0. The zero-order chi connectivity index (χ0) is 14.8. The van der Waals surface area contributed by atoms with Gasteiger partial charge in [0.15, 0.2) is 0 Å². The number of amides is 1. The molecule has 5 heteroatoms. The molecule has 0 aromatic carbocycles. The Labute approximate surface area is 115 Å². The first kappa shape index (κ1) is 17.9. The Hall–Kier alpha value is -1.10. The van der Waals surface area contributed by atoms with Crippen LogP contribution in [0.15, 0.2) is 0 Å². The Morgan fingerprint density at radius 1 is 1.21 bits per heavy atom. The van der Waals surface area contributed by atoms with Gasteiger partial charge in [0, 0.05) is 6.42 Å². The largest absolute Gasteiger partial charge is 0.480 e. The van der Waals surface area contributed by atoms with E-state index < -0.39 is 12.0 Å². The maximum absolute atomic E-state index is 11.8. The molecule has 0 aliphatic carbocycles. The molecule has 112 valence electrons. The van der Waals surface area contributed by atoms with E-state index in [-0.39, 0.29) is 11.8 Å². The Morgan fingerprint density at radius 2 is 1.84 bits per heavy atom. The summed E-state index contributed by atoms with van der Waals surface area (Å²) < 4.78 is 0. The van der Waals surface area contributed by atoms with E-state index in [0.29, 0.717) is 18.9 Å². The number of aliphatic carboxylic acids is 1. The molecule has 0 rings (SSSR count). The van der Waals surface area contributed by atoms with E-state index in [2.05, 4.69) is 12.2 Å². The highest BCUT2D eigenvalue weighted by Gasteiger charge is 2.23. The average Bonchev–Trinajstić information content (AvgIpc) is 2.32. The summed E-state index contributed by atoms with van der Waals surface area (Å²) in [5.41, 5.74) is 5.55. The maximum atomic E-state index is 11.8. The number of hydrogen-bond donors (Lipinski definition) is 3. The van der Waals surface area contributed by atoms with E-state index in [1.54, 1.807) is 13.8 Å². The van der Waals surface area contributed by atoms with Crippen molar-refractivity contribution in [3.05, 3.63) is 0 Å². The molecule has 0 radical (unpaired) electrons. The van der Waals surface area contributed by atoms with Gasteiger partial charge in [0.1, 0.15) is 6.04 Å². The van der Waals surface area contributed by atoms with Gasteiger partial charge in [-0.25, -0.2) is 4.79 Å². The van der Waals surface area contributed by atoms with Crippen molar-refractivity contribution in [3.63, 3.8) is 0 Å². The molecule has 0 fully saturated rings. The molecule has 19 heavy (non-hydrogen) atoms. The van der Waals surface area contributed by atoms with Crippen molar-refractivity contribution < 1.29 is 14.7 Å². The smallest absolute Gasteiger partial charge is 0.326 e. The van der Waals surface area contributed by atoms with Gasteiger partial charge in [-0.15, -0.1) is 0 Å². The van der Waals surface area contributed by atoms with Gasteiger partial charge in [0.25, 0.3) is 0 Å². The third-order valence-electron chi connectivity index (χ3n) is 3.30. The lowest BCUT2D eigenvalue weighted by Crippen LogP contribution is -2.44. The van der Waals surface area contributed by atoms with E-state index in [0.717, 1.165) is 25.7 Å². The molecule has 0 bridgehead atoms. The Balaban J connectivity index is 4.18. The predicted octanol–water partition coefficient (Wildman–Crippen LogP) is 1.76. The number of hydrogen-bond acceptors (Lipinski definition) is 3. The van der Waals surface area contributed by atoms with Crippen molar-refractivity contribution in [1.29, 1.82) is 0 Å². The first-order chi connectivity index (χ1) is 8.92. The van der Waals surface area contributed by atoms with Crippen molar-refractivity contribution in [2.24, 2.45) is 17.6 Å². The fourth-order valence-corrected chi connectivity index (χ4v) is 2.17. The molecule has 0 heterocycles. The molecule has 0 aromatic heterocycles. The third kappa shape index (κ3) is 7.82. The highest BCUT2D eigenvalue weighted by molar-refractivity contribution is 5.83. The molecule has 1 amide bonds. The minimum Gasteiger partial charge on any atom is -0.480 e. The minimum atomic E-state index is -0.976. The van der Waals surface area contributed by atoms with Crippen LogP contribution >= 0.6 is 0 Å². The lowest BCUT2D eigenvalue weighted by molar-refractivity contribution is -0.143. The van der Waals surface area contributed by atoms with Crippen LogP contribution < -0.4 is 11.1 Å². The molecule has 0 spiro atoms. The molecule has 5 nitrogen and oxygen atoms in total. The number of rotatable bonds is 10. The van der Waals surface area contributed by atoms with Crippen LogP contribution in [0.25, 0.3) is 0 Å². The van der Waals surface area contributed by atoms with E-state index in [1.807, 2.05) is 0 Å².